The van der Waals surface area contributed by atoms with E-state index in [9.17, 15) is 14.4 Å². The van der Waals surface area contributed by atoms with E-state index in [0.717, 1.165) is 0 Å². The van der Waals surface area contributed by atoms with Gasteiger partial charge in [-0.05, 0) is 0 Å². The Balaban J connectivity index is -0.000000120. The summed E-state index contributed by atoms with van der Waals surface area (Å²) in [6, 6.07) is 0. The molecule has 9 heteroatoms. The fourth-order valence-electron chi connectivity index (χ4n) is 0.714. The Kier molecular flexibility index (Phi) is 11.8. The molecule has 7 nitrogen and oxygen atoms in total. The van der Waals surface area contributed by atoms with Gasteiger partial charge in [0.2, 0.25) is 0 Å². The summed E-state index contributed by atoms with van der Waals surface area (Å²) in [5, 5.41) is 33.8. The van der Waals surface area contributed by atoms with Gasteiger partial charge in [0.1, 0.15) is 0 Å². The first-order valence-electron chi connectivity index (χ1n) is 3.17. The Morgan fingerprint density at radius 1 is 0.933 bits per heavy atom. The van der Waals surface area contributed by atoms with Crippen molar-refractivity contribution >= 4 is 17.9 Å². The molecule has 0 bridgehead atoms. The van der Waals surface area contributed by atoms with Crippen LogP contribution in [0.1, 0.15) is 15.7 Å². The first kappa shape index (κ1) is 20.7. The topological polar surface area (TPSA) is 132 Å². The summed E-state index contributed by atoms with van der Waals surface area (Å²) in [4.78, 5) is 30.5. The molecule has 0 aliphatic carbocycles. The van der Waals surface area contributed by atoms with Crippen LogP contribution in [0, 0.1) is 0 Å². The molecule has 0 aliphatic heterocycles. The van der Waals surface area contributed by atoms with Gasteiger partial charge < -0.3 is 20.4 Å². The molecule has 0 saturated carbocycles. The summed E-state index contributed by atoms with van der Waals surface area (Å²) < 4.78 is 0. The predicted octanol–water partition coefficient (Wildman–Crippen LogP) is -7.02. The van der Waals surface area contributed by atoms with Crippen LogP contribution < -0.4 is 59.1 Å². The standard InChI is InChI=1S/C6H8O7.2Na/c7-3(8)1-6(13,5(11)12)2-4(9)10;;/h13H,1-2H2,(H,7,8)(H,9,10)(H,11,12);;/q;2*+1/p+2. The number of carbonyl (C=O) groups is 3. The van der Waals surface area contributed by atoms with Crippen LogP contribution in [0.15, 0.2) is 0 Å². The summed E-state index contributed by atoms with van der Waals surface area (Å²) in [5.74, 6) is -5.02. The molecule has 0 rings (SSSR count). The minimum atomic E-state index is -2.74. The molecule has 0 radical (unpaired) electrons. The van der Waals surface area contributed by atoms with Gasteiger partial charge in [-0.15, -0.1) is 0 Å². The van der Waals surface area contributed by atoms with E-state index in [4.69, 9.17) is 20.4 Å². The molecule has 0 heterocycles. The van der Waals surface area contributed by atoms with Gasteiger partial charge in [0.15, 0.2) is 5.60 Å². The van der Waals surface area contributed by atoms with Gasteiger partial charge in [-0.1, -0.05) is 0 Å². The number of carboxylic acids is 3. The first-order chi connectivity index (χ1) is 5.78. The van der Waals surface area contributed by atoms with E-state index in [-0.39, 0.29) is 62.0 Å². The van der Waals surface area contributed by atoms with Gasteiger partial charge in [0, 0.05) is 0 Å². The average molecular weight is 240 g/mol. The summed E-state index contributed by atoms with van der Waals surface area (Å²) in [5.41, 5.74) is -2.74. The molecule has 0 unspecified atom stereocenters. The van der Waals surface area contributed by atoms with Crippen molar-refractivity contribution in [1.82, 2.24) is 0 Å². The zero-order valence-electron chi connectivity index (χ0n) is 10.4. The minimum Gasteiger partial charge on any atom is -0.481 e. The third kappa shape index (κ3) is 8.21. The molecule has 0 fully saturated rings. The van der Waals surface area contributed by atoms with E-state index in [0.29, 0.717) is 0 Å². The van der Waals surface area contributed by atoms with Crippen molar-refractivity contribution in [2.75, 3.05) is 0 Å². The Bertz CT molecular complexity index is 245. The van der Waals surface area contributed by atoms with E-state index in [1.54, 1.807) is 0 Å². The molecule has 0 saturated heterocycles. The van der Waals surface area contributed by atoms with E-state index in [1.165, 1.54) is 0 Å². The van der Waals surface area contributed by atoms with E-state index < -0.39 is 36.4 Å². The second-order valence-electron chi connectivity index (χ2n) is 2.48. The van der Waals surface area contributed by atoms with Crippen molar-refractivity contribution in [3.63, 3.8) is 0 Å². The Morgan fingerprint density at radius 2 is 1.20 bits per heavy atom. The molecule has 0 aromatic heterocycles. The van der Waals surface area contributed by atoms with Crippen molar-refractivity contribution in [2.45, 2.75) is 18.4 Å². The van der Waals surface area contributed by atoms with Crippen LogP contribution in [-0.2, 0) is 14.4 Å². The van der Waals surface area contributed by atoms with Crippen molar-refractivity contribution in [3.8, 4) is 0 Å². The molecule has 4 N–H and O–H groups in total. The number of carboxylic acid groups (broad SMARTS) is 3. The molecule has 0 spiro atoms. The smallest absolute Gasteiger partial charge is 0.481 e. The Hall–Kier alpha value is 0.370. The van der Waals surface area contributed by atoms with Gasteiger partial charge in [-0.3, -0.25) is 9.59 Å². The monoisotopic (exact) mass is 240 g/mol. The van der Waals surface area contributed by atoms with Crippen LogP contribution in [0.25, 0.3) is 0 Å². The van der Waals surface area contributed by atoms with Gasteiger partial charge in [-0.25, -0.2) is 4.79 Å². The van der Waals surface area contributed by atoms with Gasteiger partial charge >= 0.3 is 79.9 Å². The van der Waals surface area contributed by atoms with Crippen LogP contribution in [-0.4, -0.2) is 43.9 Å². The van der Waals surface area contributed by atoms with Crippen LogP contribution in [0.3, 0.4) is 0 Å². The molecule has 74 valence electrons. The normalized spacial score (nSPS) is 9.40. The fourth-order valence-corrected chi connectivity index (χ4v) is 0.714. The van der Waals surface area contributed by atoms with E-state index >= 15 is 0 Å². The van der Waals surface area contributed by atoms with Crippen molar-refractivity contribution in [1.29, 1.82) is 0 Å². The van der Waals surface area contributed by atoms with Crippen molar-refractivity contribution < 1.29 is 96.8 Å². The molecule has 0 aliphatic rings. The maximum Gasteiger partial charge on any atom is 1.00 e. The van der Waals surface area contributed by atoms with E-state index in [1.807, 2.05) is 0 Å². The van der Waals surface area contributed by atoms with Crippen molar-refractivity contribution in [3.05, 3.63) is 0 Å². The molecule has 0 aromatic carbocycles. The maximum absolute atomic E-state index is 10.3. The van der Waals surface area contributed by atoms with Crippen LogP contribution >= 0.6 is 0 Å². The third-order valence-corrected chi connectivity index (χ3v) is 1.29. The summed E-state index contributed by atoms with van der Waals surface area (Å²) in [6.45, 7) is 0. The maximum atomic E-state index is 10.3. The van der Waals surface area contributed by atoms with Gasteiger partial charge in [-0.2, -0.15) is 0 Å². The molecule has 0 amide bonds. The number of aliphatic hydroxyl groups is 1. The molecular weight excluding hydrogens is 230 g/mol. The van der Waals surface area contributed by atoms with Gasteiger partial charge in [0.25, 0.3) is 0 Å². The molecule has 0 aromatic rings. The fraction of sp³-hybridized carbons (Fsp3) is 0.500. The third-order valence-electron chi connectivity index (χ3n) is 1.29. The summed E-state index contributed by atoms with van der Waals surface area (Å²) >= 11 is 0. The van der Waals surface area contributed by atoms with Gasteiger partial charge in [0.05, 0.1) is 12.8 Å². The van der Waals surface area contributed by atoms with E-state index in [2.05, 4.69) is 0 Å². The molecule has 0 atom stereocenters. The van der Waals surface area contributed by atoms with Crippen LogP contribution in [0.4, 0.5) is 0 Å². The molecular formula is C6H10Na2O7+4. The van der Waals surface area contributed by atoms with Crippen LogP contribution in [0.5, 0.6) is 0 Å². The minimum absolute atomic E-state index is 0. The predicted molar refractivity (Wildman–Crippen MR) is 39.3 cm³/mol. The SMILES string of the molecule is O=C(O)CC(O)(CC(=O)O)C(=O)O.[H+].[H+].[Na+].[Na+]. The number of aliphatic carboxylic acids is 3. The summed E-state index contributed by atoms with van der Waals surface area (Å²) in [7, 11) is 0. The van der Waals surface area contributed by atoms with Crippen LogP contribution in [0.2, 0.25) is 0 Å². The molecule has 15 heavy (non-hydrogen) atoms. The number of hydrogen-bond donors (Lipinski definition) is 4. The second kappa shape index (κ2) is 8.51. The summed E-state index contributed by atoms with van der Waals surface area (Å²) in [6.07, 6.45) is -2.29. The van der Waals surface area contributed by atoms with Crippen molar-refractivity contribution in [2.24, 2.45) is 0 Å². The zero-order chi connectivity index (χ0) is 10.6. The number of hydrogen-bond acceptors (Lipinski definition) is 4. The Morgan fingerprint density at radius 3 is 1.33 bits per heavy atom. The largest absolute Gasteiger partial charge is 1.00 e. The first-order valence-corrected chi connectivity index (χ1v) is 3.17. The zero-order valence-corrected chi connectivity index (χ0v) is 12.4. The Labute approximate surface area is 132 Å². The second-order valence-corrected chi connectivity index (χ2v) is 2.48. The number of rotatable bonds is 5. The quantitative estimate of drug-likeness (QED) is 0.351. The average Bonchev–Trinajstić information content (AvgIpc) is 1.82.